The van der Waals surface area contributed by atoms with E-state index in [-0.39, 0.29) is 23.1 Å². The number of hydrogen-bond acceptors (Lipinski definition) is 6. The fraction of sp³-hybridized carbons (Fsp3) is 0.615. The molecule has 2 unspecified atom stereocenters. The molecule has 1 aliphatic carbocycles. The highest BCUT2D eigenvalue weighted by molar-refractivity contribution is 7.89. The molecule has 0 bridgehead atoms. The number of sulfone groups is 1. The number of aliphatic hydroxyl groups excluding tert-OH is 1. The Hall–Kier alpha value is -1.18. The minimum atomic E-state index is -3.32. The molecule has 1 aromatic heterocycles. The molecule has 6 nitrogen and oxygen atoms in total. The first-order valence-electron chi connectivity index (χ1n) is 6.44. The molecule has 0 saturated heterocycles. The molecule has 1 fully saturated rings. The van der Waals surface area contributed by atoms with Crippen molar-refractivity contribution in [3.8, 4) is 5.75 Å². The normalized spacial score (nSPS) is 20.4. The number of rotatable bonds is 5. The van der Waals surface area contributed by atoms with E-state index in [1.165, 1.54) is 12.1 Å². The number of aliphatic hydroxyl groups is 1. The fourth-order valence-electron chi connectivity index (χ4n) is 2.26. The van der Waals surface area contributed by atoms with Gasteiger partial charge in [0.25, 0.3) is 0 Å². The number of nitrogens with zero attached hydrogens (tertiary/aromatic N) is 1. The number of aromatic hydroxyl groups is 1. The highest BCUT2D eigenvalue weighted by Crippen LogP contribution is 2.44. The quantitative estimate of drug-likeness (QED) is 0.729. The van der Waals surface area contributed by atoms with Crippen LogP contribution in [0.15, 0.2) is 12.1 Å². The van der Waals surface area contributed by atoms with Gasteiger partial charge in [-0.15, -0.1) is 0 Å². The van der Waals surface area contributed by atoms with Crippen LogP contribution in [0.3, 0.4) is 0 Å². The first-order chi connectivity index (χ1) is 9.11. The van der Waals surface area contributed by atoms with Crippen molar-refractivity contribution in [1.29, 1.82) is 0 Å². The van der Waals surface area contributed by atoms with Gasteiger partial charge in [-0.05, 0) is 37.8 Å². The van der Waals surface area contributed by atoms with Crippen LogP contribution in [-0.4, -0.2) is 35.4 Å². The second-order valence-corrected chi connectivity index (χ2v) is 7.96. The van der Waals surface area contributed by atoms with Crippen LogP contribution in [0.25, 0.3) is 0 Å². The van der Waals surface area contributed by atoms with Gasteiger partial charge in [0, 0.05) is 11.8 Å². The van der Waals surface area contributed by atoms with Gasteiger partial charge in [0.2, 0.25) is 0 Å². The van der Waals surface area contributed by atoms with Gasteiger partial charge in [-0.25, -0.2) is 8.42 Å². The Bertz CT molecular complexity index is 609. The molecule has 0 aromatic carbocycles. The topological polar surface area (TPSA) is 114 Å². The summed E-state index contributed by atoms with van der Waals surface area (Å²) in [6.45, 7) is 1.76. The Balaban J connectivity index is 2.31. The van der Waals surface area contributed by atoms with Gasteiger partial charge < -0.3 is 15.9 Å². The Morgan fingerprint density at radius 2 is 2.10 bits per heavy atom. The minimum Gasteiger partial charge on any atom is -0.506 e. The second kappa shape index (κ2) is 4.98. The molecule has 2 rings (SSSR count). The maximum Gasteiger partial charge on any atom is 0.153 e. The van der Waals surface area contributed by atoms with E-state index in [9.17, 15) is 18.6 Å². The van der Waals surface area contributed by atoms with Gasteiger partial charge in [-0.2, -0.15) is 0 Å². The molecule has 1 saturated carbocycles. The summed E-state index contributed by atoms with van der Waals surface area (Å²) in [5.74, 6) is -0.326. The van der Waals surface area contributed by atoms with Crippen molar-refractivity contribution in [3.63, 3.8) is 0 Å². The average Bonchev–Trinajstić information content (AvgIpc) is 3.13. The van der Waals surface area contributed by atoms with Crippen LogP contribution in [0.5, 0.6) is 5.75 Å². The Morgan fingerprint density at radius 1 is 1.50 bits per heavy atom. The van der Waals surface area contributed by atoms with Crippen LogP contribution in [0.1, 0.15) is 37.3 Å². The molecular formula is C13H20N2O4S. The van der Waals surface area contributed by atoms with Crippen LogP contribution >= 0.6 is 0 Å². The summed E-state index contributed by atoms with van der Waals surface area (Å²) < 4.78 is 22.6. The van der Waals surface area contributed by atoms with Gasteiger partial charge in [0.05, 0.1) is 17.1 Å². The van der Waals surface area contributed by atoms with Gasteiger partial charge in [-0.1, -0.05) is 0 Å². The van der Waals surface area contributed by atoms with E-state index in [1.54, 1.807) is 6.92 Å². The molecule has 4 N–H and O–H groups in total. The van der Waals surface area contributed by atoms with Gasteiger partial charge in [0.1, 0.15) is 11.9 Å². The summed E-state index contributed by atoms with van der Waals surface area (Å²) >= 11 is 0. The van der Waals surface area contributed by atoms with Gasteiger partial charge in [-0.3, -0.25) is 4.98 Å². The maximum atomic E-state index is 11.3. The molecule has 0 aliphatic heterocycles. The molecule has 7 heteroatoms. The monoisotopic (exact) mass is 300 g/mol. The molecular weight excluding hydrogens is 280 g/mol. The Morgan fingerprint density at radius 3 is 2.60 bits per heavy atom. The summed E-state index contributed by atoms with van der Waals surface area (Å²) in [5, 5.41) is 20.0. The predicted molar refractivity (Wildman–Crippen MR) is 74.7 cm³/mol. The van der Waals surface area contributed by atoms with E-state index in [2.05, 4.69) is 4.98 Å². The summed E-state index contributed by atoms with van der Waals surface area (Å²) in [4.78, 5) is 4.07. The van der Waals surface area contributed by atoms with Crippen molar-refractivity contribution in [2.75, 3.05) is 6.26 Å². The summed E-state index contributed by atoms with van der Waals surface area (Å²) in [7, 11) is -3.32. The van der Waals surface area contributed by atoms with E-state index in [1.807, 2.05) is 0 Å². The van der Waals surface area contributed by atoms with E-state index < -0.39 is 21.5 Å². The summed E-state index contributed by atoms with van der Waals surface area (Å²) in [6.07, 6.45) is 2.01. The zero-order valence-electron chi connectivity index (χ0n) is 11.6. The largest absolute Gasteiger partial charge is 0.506 e. The third-order valence-electron chi connectivity index (χ3n) is 3.70. The van der Waals surface area contributed by atoms with Crippen molar-refractivity contribution in [2.45, 2.75) is 37.2 Å². The van der Waals surface area contributed by atoms with Gasteiger partial charge >= 0.3 is 0 Å². The smallest absolute Gasteiger partial charge is 0.153 e. The fourth-order valence-corrected chi connectivity index (χ4v) is 2.97. The van der Waals surface area contributed by atoms with Crippen LogP contribution in [0.4, 0.5) is 0 Å². The van der Waals surface area contributed by atoms with Gasteiger partial charge in [0.15, 0.2) is 9.84 Å². The number of nitrogens with two attached hydrogens (primary N) is 1. The molecule has 2 atom stereocenters. The van der Waals surface area contributed by atoms with Crippen LogP contribution in [-0.2, 0) is 15.6 Å². The zero-order chi connectivity index (χ0) is 15.1. The maximum absolute atomic E-state index is 11.3. The lowest BCUT2D eigenvalue weighted by molar-refractivity contribution is 0.0768. The molecule has 0 radical (unpaired) electrons. The highest BCUT2D eigenvalue weighted by Gasteiger charge is 2.44. The molecule has 20 heavy (non-hydrogen) atoms. The summed E-state index contributed by atoms with van der Waals surface area (Å²) in [5.41, 5.74) is 5.67. The van der Waals surface area contributed by atoms with E-state index in [4.69, 9.17) is 5.73 Å². The molecule has 0 amide bonds. The van der Waals surface area contributed by atoms with E-state index >= 15 is 0 Å². The third-order valence-corrected chi connectivity index (χ3v) is 4.49. The second-order valence-electron chi connectivity index (χ2n) is 5.81. The van der Waals surface area contributed by atoms with E-state index in [0.717, 1.165) is 19.1 Å². The van der Waals surface area contributed by atoms with Crippen molar-refractivity contribution < 1.29 is 18.6 Å². The lowest BCUT2D eigenvalue weighted by Crippen LogP contribution is -2.45. The van der Waals surface area contributed by atoms with Crippen molar-refractivity contribution >= 4 is 9.84 Å². The molecule has 1 aromatic rings. The van der Waals surface area contributed by atoms with Crippen LogP contribution in [0.2, 0.25) is 0 Å². The average molecular weight is 300 g/mol. The highest BCUT2D eigenvalue weighted by atomic mass is 32.2. The molecule has 1 heterocycles. The van der Waals surface area contributed by atoms with Crippen LogP contribution < -0.4 is 5.73 Å². The van der Waals surface area contributed by atoms with Crippen molar-refractivity contribution in [1.82, 2.24) is 4.98 Å². The molecule has 1 aliphatic rings. The first kappa shape index (κ1) is 15.2. The Labute approximate surface area is 118 Å². The molecule has 112 valence electrons. The number of hydrogen-bond donors (Lipinski definition) is 3. The standard InChI is InChI=1S/C13H20N2O4S/c1-13(14,8-3-4-8)12(17)9-5-6-11(16)10(15-9)7-20(2,18)19/h5-6,8,12,16-17H,3-4,7,14H2,1-2H3. The van der Waals surface area contributed by atoms with Crippen LogP contribution in [0, 0.1) is 5.92 Å². The van der Waals surface area contributed by atoms with E-state index in [0.29, 0.717) is 5.69 Å². The lowest BCUT2D eigenvalue weighted by atomic mass is 9.88. The summed E-state index contributed by atoms with van der Waals surface area (Å²) in [6, 6.07) is 2.81. The predicted octanol–water partition coefficient (Wildman–Crippen LogP) is 0.493. The minimum absolute atomic E-state index is 0.0376. The number of aromatic nitrogens is 1. The Kier molecular flexibility index (Phi) is 3.79. The van der Waals surface area contributed by atoms with Crippen molar-refractivity contribution in [3.05, 3.63) is 23.5 Å². The van der Waals surface area contributed by atoms with Crippen molar-refractivity contribution in [2.24, 2.45) is 11.7 Å². The SMILES string of the molecule is CC(N)(C1CC1)C(O)c1ccc(O)c(CS(C)(=O)=O)n1. The lowest BCUT2D eigenvalue weighted by Gasteiger charge is -2.30. The molecule has 0 spiro atoms. The third kappa shape index (κ3) is 3.28. The first-order valence-corrected chi connectivity index (χ1v) is 8.51. The zero-order valence-corrected chi connectivity index (χ0v) is 12.4. The number of pyridine rings is 1.